The van der Waals surface area contributed by atoms with Crippen LogP contribution in [0.2, 0.25) is 0 Å². The molecule has 3 rings (SSSR count). The van der Waals surface area contributed by atoms with Crippen molar-refractivity contribution in [3.8, 4) is 16.9 Å². The number of hydrogen-bond donors (Lipinski definition) is 0. The highest BCUT2D eigenvalue weighted by Gasteiger charge is 2.24. The van der Waals surface area contributed by atoms with Crippen molar-refractivity contribution in [2.24, 2.45) is 0 Å². The fourth-order valence-electron chi connectivity index (χ4n) is 3.02. The average molecular weight is 308 g/mol. The molecular weight excluding hydrogens is 288 g/mol. The number of hydrogen-bond acceptors (Lipinski definition) is 3. The molecule has 0 aliphatic heterocycles. The van der Waals surface area contributed by atoms with Crippen LogP contribution in [0.1, 0.15) is 23.6 Å². The van der Waals surface area contributed by atoms with Crippen LogP contribution in [-0.4, -0.2) is 19.2 Å². The van der Waals surface area contributed by atoms with Gasteiger partial charge in [0, 0.05) is 24.7 Å². The molecule has 23 heavy (non-hydrogen) atoms. The van der Waals surface area contributed by atoms with Gasteiger partial charge in [-0.15, -0.1) is 0 Å². The number of rotatable bonds is 6. The molecule has 0 unspecified atom stereocenters. The summed E-state index contributed by atoms with van der Waals surface area (Å²) in [6.07, 6.45) is 2.71. The van der Waals surface area contributed by atoms with Gasteiger partial charge in [0.2, 0.25) is 0 Å². The highest BCUT2D eigenvalue weighted by molar-refractivity contribution is 5.86. The van der Waals surface area contributed by atoms with E-state index in [0.29, 0.717) is 19.0 Å². The Morgan fingerprint density at radius 1 is 1.22 bits per heavy atom. The van der Waals surface area contributed by atoms with Gasteiger partial charge in [0.05, 0.1) is 6.61 Å². The number of carbonyl (C=O) groups is 1. The first-order valence-electron chi connectivity index (χ1n) is 7.89. The molecular formula is C20H20O3. The second kappa shape index (κ2) is 6.80. The third-order valence-corrected chi connectivity index (χ3v) is 4.11. The normalized spacial score (nSPS) is 11.7. The molecule has 118 valence electrons. The maximum Gasteiger partial charge on any atom is 0.335 e. The molecule has 0 atom stereocenters. The van der Waals surface area contributed by atoms with Gasteiger partial charge in [-0.2, -0.15) is 0 Å². The Morgan fingerprint density at radius 3 is 2.83 bits per heavy atom. The summed E-state index contributed by atoms with van der Waals surface area (Å²) in [7, 11) is 0. The van der Waals surface area contributed by atoms with E-state index in [0.717, 1.165) is 29.5 Å². The minimum absolute atomic E-state index is 0.424. The summed E-state index contributed by atoms with van der Waals surface area (Å²) >= 11 is 0. The largest absolute Gasteiger partial charge is 0.423 e. The summed E-state index contributed by atoms with van der Waals surface area (Å²) < 4.78 is 11.0. The minimum atomic E-state index is -0.424. The van der Waals surface area contributed by atoms with Gasteiger partial charge in [0.15, 0.2) is 0 Å². The van der Waals surface area contributed by atoms with Crippen LogP contribution in [0.25, 0.3) is 11.1 Å². The Labute approximate surface area is 136 Å². The summed E-state index contributed by atoms with van der Waals surface area (Å²) in [6.45, 7) is 6.76. The van der Waals surface area contributed by atoms with E-state index in [1.807, 2.05) is 25.1 Å². The predicted molar refractivity (Wildman–Crippen MR) is 90.7 cm³/mol. The van der Waals surface area contributed by atoms with E-state index in [2.05, 4.69) is 24.8 Å². The number of fused-ring (bicyclic) bond motifs is 3. The molecule has 0 spiro atoms. The molecule has 0 fully saturated rings. The molecule has 1 aliphatic rings. The van der Waals surface area contributed by atoms with Gasteiger partial charge in [0.25, 0.3) is 0 Å². The van der Waals surface area contributed by atoms with Crippen LogP contribution in [0.4, 0.5) is 0 Å². The van der Waals surface area contributed by atoms with E-state index in [4.69, 9.17) is 9.47 Å². The number of ether oxygens (including phenoxy) is 2. The lowest BCUT2D eigenvalue weighted by Gasteiger charge is -2.14. The van der Waals surface area contributed by atoms with Crippen molar-refractivity contribution in [1.29, 1.82) is 0 Å². The first-order valence-corrected chi connectivity index (χ1v) is 7.89. The molecule has 2 aromatic carbocycles. The maximum atomic E-state index is 11.8. The zero-order valence-electron chi connectivity index (χ0n) is 13.3. The molecule has 0 radical (unpaired) electrons. The molecule has 3 nitrogen and oxygen atoms in total. The van der Waals surface area contributed by atoms with Crippen LogP contribution in [0, 0.1) is 0 Å². The summed E-state index contributed by atoms with van der Waals surface area (Å²) in [5, 5.41) is 0. The predicted octanol–water partition coefficient (Wildman–Crippen LogP) is 3.93. The zero-order valence-corrected chi connectivity index (χ0v) is 13.3. The molecule has 0 aromatic heterocycles. The summed E-state index contributed by atoms with van der Waals surface area (Å²) in [6, 6.07) is 12.5. The summed E-state index contributed by atoms with van der Waals surface area (Å²) in [5.41, 5.74) is 5.71. The molecule has 0 N–H and O–H groups in total. The van der Waals surface area contributed by atoms with Crippen LogP contribution >= 0.6 is 0 Å². The Morgan fingerprint density at radius 2 is 2.04 bits per heavy atom. The second-order valence-electron chi connectivity index (χ2n) is 5.49. The number of benzene rings is 2. The van der Waals surface area contributed by atoms with Gasteiger partial charge in [-0.05, 0) is 35.6 Å². The summed E-state index contributed by atoms with van der Waals surface area (Å²) in [5.74, 6) is 0.246. The lowest BCUT2D eigenvalue weighted by molar-refractivity contribution is -0.129. The fourth-order valence-corrected chi connectivity index (χ4v) is 3.02. The average Bonchev–Trinajstić information content (AvgIpc) is 2.95. The van der Waals surface area contributed by atoms with Gasteiger partial charge < -0.3 is 9.47 Å². The first-order chi connectivity index (χ1) is 11.2. The van der Waals surface area contributed by atoms with Crippen LogP contribution in [0.15, 0.2) is 49.1 Å². The van der Waals surface area contributed by atoms with E-state index in [1.165, 1.54) is 17.2 Å². The van der Waals surface area contributed by atoms with Gasteiger partial charge in [-0.1, -0.05) is 43.0 Å². The van der Waals surface area contributed by atoms with E-state index in [1.54, 1.807) is 0 Å². The van der Waals surface area contributed by atoms with Gasteiger partial charge in [-0.25, -0.2) is 4.79 Å². The second-order valence-corrected chi connectivity index (χ2v) is 5.49. The third-order valence-electron chi connectivity index (χ3n) is 4.11. The monoisotopic (exact) mass is 308 g/mol. The zero-order chi connectivity index (χ0) is 16.2. The van der Waals surface area contributed by atoms with E-state index < -0.39 is 5.97 Å². The van der Waals surface area contributed by atoms with Crippen molar-refractivity contribution in [2.75, 3.05) is 13.2 Å². The SMILES string of the molecule is C=CC(=O)Oc1c(CCOCC)ccc2c1Cc1ccccc1-2. The van der Waals surface area contributed by atoms with Gasteiger partial charge in [-0.3, -0.25) is 0 Å². The van der Waals surface area contributed by atoms with E-state index in [-0.39, 0.29) is 0 Å². The van der Waals surface area contributed by atoms with Crippen molar-refractivity contribution < 1.29 is 14.3 Å². The molecule has 0 heterocycles. The standard InChI is InChI=1S/C20H20O3/c1-3-19(21)23-20-14(11-12-22-4-2)9-10-17-16-8-6-5-7-15(16)13-18(17)20/h3,5-10H,1,4,11-13H2,2H3. The lowest BCUT2D eigenvalue weighted by Crippen LogP contribution is -2.09. The maximum absolute atomic E-state index is 11.8. The number of esters is 1. The van der Waals surface area contributed by atoms with Crippen molar-refractivity contribution in [3.63, 3.8) is 0 Å². The summed E-state index contributed by atoms with van der Waals surface area (Å²) in [4.78, 5) is 11.8. The quantitative estimate of drug-likeness (QED) is 0.299. The Bertz CT molecular complexity index is 747. The molecule has 0 amide bonds. The lowest BCUT2D eigenvalue weighted by atomic mass is 10.0. The third kappa shape index (κ3) is 3.06. The van der Waals surface area contributed by atoms with Gasteiger partial charge in [0.1, 0.15) is 5.75 Å². The van der Waals surface area contributed by atoms with Crippen molar-refractivity contribution in [3.05, 3.63) is 65.7 Å². The Hall–Kier alpha value is -2.39. The highest BCUT2D eigenvalue weighted by Crippen LogP contribution is 2.43. The smallest absolute Gasteiger partial charge is 0.335 e. The topological polar surface area (TPSA) is 35.5 Å². The van der Waals surface area contributed by atoms with E-state index >= 15 is 0 Å². The molecule has 0 saturated carbocycles. The first kappa shape index (κ1) is 15.5. The van der Waals surface area contributed by atoms with Crippen molar-refractivity contribution in [1.82, 2.24) is 0 Å². The molecule has 3 heteroatoms. The van der Waals surface area contributed by atoms with Crippen LogP contribution in [-0.2, 0) is 22.4 Å². The molecule has 2 aromatic rings. The van der Waals surface area contributed by atoms with E-state index in [9.17, 15) is 4.79 Å². The Balaban J connectivity index is 2.01. The van der Waals surface area contributed by atoms with Crippen LogP contribution in [0.5, 0.6) is 5.75 Å². The number of carbonyl (C=O) groups excluding carboxylic acids is 1. The van der Waals surface area contributed by atoms with Crippen LogP contribution < -0.4 is 4.74 Å². The van der Waals surface area contributed by atoms with Crippen molar-refractivity contribution in [2.45, 2.75) is 19.8 Å². The molecule has 0 saturated heterocycles. The minimum Gasteiger partial charge on any atom is -0.423 e. The van der Waals surface area contributed by atoms with Crippen LogP contribution in [0.3, 0.4) is 0 Å². The fraction of sp³-hybridized carbons (Fsp3) is 0.250. The van der Waals surface area contributed by atoms with Gasteiger partial charge >= 0.3 is 5.97 Å². The highest BCUT2D eigenvalue weighted by atomic mass is 16.5. The Kier molecular flexibility index (Phi) is 4.58. The molecule has 0 bridgehead atoms. The molecule has 1 aliphatic carbocycles. The van der Waals surface area contributed by atoms with Crippen molar-refractivity contribution >= 4 is 5.97 Å².